The second-order valence-corrected chi connectivity index (χ2v) is 5.70. The molecule has 1 aromatic rings. The molecule has 1 fully saturated rings. The zero-order valence-electron chi connectivity index (χ0n) is 9.48. The van der Waals surface area contributed by atoms with Gasteiger partial charge in [0.05, 0.1) is 0 Å². The highest BCUT2D eigenvalue weighted by Crippen LogP contribution is 2.38. The van der Waals surface area contributed by atoms with Crippen LogP contribution in [0, 0.1) is 0 Å². The van der Waals surface area contributed by atoms with Gasteiger partial charge in [0.15, 0.2) is 11.5 Å². The van der Waals surface area contributed by atoms with Crippen LogP contribution in [0.15, 0.2) is 23.1 Å². The maximum absolute atomic E-state index is 11.2. The summed E-state index contributed by atoms with van der Waals surface area (Å²) in [6.07, 6.45) is 2.44. The predicted octanol–water partition coefficient (Wildman–Crippen LogP) is 2.67. The molecule has 0 spiro atoms. The molecular weight excluding hydrogens is 236 g/mol. The van der Waals surface area contributed by atoms with E-state index in [4.69, 9.17) is 9.47 Å². The second kappa shape index (κ2) is 4.61. The van der Waals surface area contributed by atoms with Gasteiger partial charge in [0, 0.05) is 23.0 Å². The first-order chi connectivity index (χ1) is 8.31. The molecule has 0 aromatic heterocycles. The monoisotopic (exact) mass is 250 g/mol. The van der Waals surface area contributed by atoms with Crippen LogP contribution in [0.2, 0.25) is 0 Å². The van der Waals surface area contributed by atoms with Crippen molar-refractivity contribution in [2.45, 2.75) is 29.4 Å². The third-order valence-electron chi connectivity index (χ3n) is 3.02. The number of carbonyl (C=O) groups is 1. The Morgan fingerprint density at radius 2 is 2.00 bits per heavy atom. The van der Waals surface area contributed by atoms with Crippen molar-refractivity contribution in [1.82, 2.24) is 0 Å². The Morgan fingerprint density at radius 1 is 1.18 bits per heavy atom. The predicted molar refractivity (Wildman–Crippen MR) is 65.9 cm³/mol. The third-order valence-corrected chi connectivity index (χ3v) is 4.28. The van der Waals surface area contributed by atoms with Crippen molar-refractivity contribution in [2.24, 2.45) is 0 Å². The van der Waals surface area contributed by atoms with Crippen LogP contribution in [0.5, 0.6) is 11.5 Å². The van der Waals surface area contributed by atoms with E-state index in [1.165, 1.54) is 0 Å². The van der Waals surface area contributed by atoms with E-state index in [0.29, 0.717) is 30.7 Å². The lowest BCUT2D eigenvalue weighted by molar-refractivity contribution is -0.117. The normalized spacial score (nSPS) is 22.8. The molecule has 0 amide bonds. The fourth-order valence-corrected chi connectivity index (χ4v) is 3.38. The molecule has 1 atom stereocenters. The van der Waals surface area contributed by atoms with Crippen LogP contribution in [0.3, 0.4) is 0 Å². The maximum atomic E-state index is 11.2. The molecule has 0 radical (unpaired) electrons. The number of ketones is 1. The smallest absolute Gasteiger partial charge is 0.162 e. The van der Waals surface area contributed by atoms with Gasteiger partial charge in [0.2, 0.25) is 0 Å². The summed E-state index contributed by atoms with van der Waals surface area (Å²) in [5.74, 6) is 2.04. The second-order valence-electron chi connectivity index (χ2n) is 4.33. The number of carbonyl (C=O) groups excluding carboxylic acids is 1. The third kappa shape index (κ3) is 2.41. The summed E-state index contributed by atoms with van der Waals surface area (Å²) in [6, 6.07) is 6.01. The summed E-state index contributed by atoms with van der Waals surface area (Å²) in [5, 5.41) is 0.435. The Morgan fingerprint density at radius 3 is 2.76 bits per heavy atom. The van der Waals surface area contributed by atoms with E-state index >= 15 is 0 Å². The van der Waals surface area contributed by atoms with Gasteiger partial charge in [-0.25, -0.2) is 0 Å². The molecule has 2 aliphatic rings. The molecule has 90 valence electrons. The van der Waals surface area contributed by atoms with Crippen molar-refractivity contribution in [3.05, 3.63) is 18.2 Å². The molecule has 1 heterocycles. The van der Waals surface area contributed by atoms with E-state index in [1.807, 2.05) is 18.2 Å². The minimum Gasteiger partial charge on any atom is -0.486 e. The van der Waals surface area contributed by atoms with Crippen LogP contribution in [-0.2, 0) is 4.79 Å². The van der Waals surface area contributed by atoms with E-state index in [0.717, 1.165) is 29.2 Å². The molecule has 1 saturated carbocycles. The van der Waals surface area contributed by atoms with Gasteiger partial charge in [-0.2, -0.15) is 0 Å². The number of fused-ring (bicyclic) bond motifs is 1. The zero-order chi connectivity index (χ0) is 11.7. The lowest BCUT2D eigenvalue weighted by Gasteiger charge is -2.19. The molecular formula is C13H14O3S. The van der Waals surface area contributed by atoms with Crippen molar-refractivity contribution in [2.75, 3.05) is 13.2 Å². The Labute approximate surface area is 104 Å². The fraction of sp³-hybridized carbons (Fsp3) is 0.462. The number of Topliss-reactive ketones (excluding diaryl/α,β-unsaturated/α-hetero) is 1. The average Bonchev–Trinajstić information content (AvgIpc) is 2.75. The SMILES string of the molecule is O=C1CCC(Sc2ccc3c(c2)OCCO3)C1. The van der Waals surface area contributed by atoms with Crippen molar-refractivity contribution in [3.8, 4) is 11.5 Å². The number of hydrogen-bond donors (Lipinski definition) is 0. The van der Waals surface area contributed by atoms with Crippen molar-refractivity contribution in [1.29, 1.82) is 0 Å². The summed E-state index contributed by atoms with van der Waals surface area (Å²) < 4.78 is 11.0. The quantitative estimate of drug-likeness (QED) is 0.808. The number of benzene rings is 1. The molecule has 0 saturated heterocycles. The topological polar surface area (TPSA) is 35.5 Å². The summed E-state index contributed by atoms with van der Waals surface area (Å²) in [4.78, 5) is 12.4. The first-order valence-electron chi connectivity index (χ1n) is 5.89. The molecule has 0 N–H and O–H groups in total. The van der Waals surface area contributed by atoms with E-state index < -0.39 is 0 Å². The van der Waals surface area contributed by atoms with Crippen molar-refractivity contribution in [3.63, 3.8) is 0 Å². The molecule has 17 heavy (non-hydrogen) atoms. The van der Waals surface area contributed by atoms with Crippen LogP contribution in [0.4, 0.5) is 0 Å². The van der Waals surface area contributed by atoms with E-state index in [-0.39, 0.29) is 0 Å². The largest absolute Gasteiger partial charge is 0.486 e. The molecule has 1 aromatic carbocycles. The standard InChI is InChI=1S/C13H14O3S/c14-9-1-2-10(7-9)17-11-3-4-12-13(8-11)16-6-5-15-12/h3-4,8,10H,1-2,5-7H2. The van der Waals surface area contributed by atoms with Gasteiger partial charge in [-0.1, -0.05) is 0 Å². The minimum atomic E-state index is 0.389. The molecule has 3 nitrogen and oxygen atoms in total. The van der Waals surface area contributed by atoms with Gasteiger partial charge < -0.3 is 9.47 Å². The van der Waals surface area contributed by atoms with Gasteiger partial charge in [-0.05, 0) is 24.6 Å². The Bertz CT molecular complexity index is 444. The molecule has 4 heteroatoms. The first kappa shape index (κ1) is 11.0. The van der Waals surface area contributed by atoms with Crippen LogP contribution in [0.25, 0.3) is 0 Å². The first-order valence-corrected chi connectivity index (χ1v) is 6.77. The minimum absolute atomic E-state index is 0.389. The molecule has 1 aliphatic heterocycles. The summed E-state index contributed by atoms with van der Waals surface area (Å²) in [5.41, 5.74) is 0. The van der Waals surface area contributed by atoms with Gasteiger partial charge in [-0.3, -0.25) is 4.79 Å². The lowest BCUT2D eigenvalue weighted by Crippen LogP contribution is -2.15. The summed E-state index contributed by atoms with van der Waals surface area (Å²) in [7, 11) is 0. The Balaban J connectivity index is 1.73. The van der Waals surface area contributed by atoms with Crippen LogP contribution >= 0.6 is 11.8 Å². The number of ether oxygens (including phenoxy) is 2. The highest BCUT2D eigenvalue weighted by Gasteiger charge is 2.23. The van der Waals surface area contributed by atoms with Crippen LogP contribution < -0.4 is 9.47 Å². The van der Waals surface area contributed by atoms with Gasteiger partial charge >= 0.3 is 0 Å². The van der Waals surface area contributed by atoms with Gasteiger partial charge in [-0.15, -0.1) is 11.8 Å². The Hall–Kier alpha value is -1.16. The van der Waals surface area contributed by atoms with Gasteiger partial charge in [0.1, 0.15) is 19.0 Å². The molecule has 0 bridgehead atoms. The average molecular weight is 250 g/mol. The zero-order valence-corrected chi connectivity index (χ0v) is 10.3. The van der Waals surface area contributed by atoms with Crippen LogP contribution in [-0.4, -0.2) is 24.2 Å². The molecule has 1 unspecified atom stereocenters. The fourth-order valence-electron chi connectivity index (χ4n) is 2.17. The highest BCUT2D eigenvalue weighted by atomic mass is 32.2. The highest BCUT2D eigenvalue weighted by molar-refractivity contribution is 8.00. The van der Waals surface area contributed by atoms with E-state index in [9.17, 15) is 4.79 Å². The van der Waals surface area contributed by atoms with Crippen molar-refractivity contribution >= 4 is 17.5 Å². The molecule has 3 rings (SSSR count). The van der Waals surface area contributed by atoms with Gasteiger partial charge in [0.25, 0.3) is 0 Å². The van der Waals surface area contributed by atoms with E-state index in [1.54, 1.807) is 11.8 Å². The number of thioether (sulfide) groups is 1. The molecule has 1 aliphatic carbocycles. The van der Waals surface area contributed by atoms with E-state index in [2.05, 4.69) is 0 Å². The summed E-state index contributed by atoms with van der Waals surface area (Å²) >= 11 is 1.77. The van der Waals surface area contributed by atoms with Crippen molar-refractivity contribution < 1.29 is 14.3 Å². The summed E-state index contributed by atoms with van der Waals surface area (Å²) in [6.45, 7) is 1.24. The lowest BCUT2D eigenvalue weighted by atomic mass is 10.3. The number of hydrogen-bond acceptors (Lipinski definition) is 4. The number of rotatable bonds is 2. The maximum Gasteiger partial charge on any atom is 0.162 e. The Kier molecular flexibility index (Phi) is 2.97. The van der Waals surface area contributed by atoms with Crippen LogP contribution in [0.1, 0.15) is 19.3 Å².